The Labute approximate surface area is 171 Å². The monoisotopic (exact) mass is 417 g/mol. The number of carboxylic acids is 1. The normalized spacial score (nSPS) is 12.9. The highest BCUT2D eigenvalue weighted by molar-refractivity contribution is 5.95. The minimum atomic E-state index is -1.25. The molecule has 30 heavy (non-hydrogen) atoms. The van der Waals surface area contributed by atoms with Gasteiger partial charge in [0.2, 0.25) is 0 Å². The van der Waals surface area contributed by atoms with Gasteiger partial charge in [-0.05, 0) is 55.0 Å². The standard InChI is InChI=1S/C21H20FNO7/c1-12(24)13-3-6-15(7-4-13)23-21(28)30-20(18(29-2)9-10-19(26)27)14-5-8-17(25)16(22)11-14/h3-11,18,20,25H,1-2H3,(H,23,28)(H,26,27)/b10-9+/t18-,20-/m0/s1. The molecule has 0 unspecified atom stereocenters. The number of phenols is 1. The lowest BCUT2D eigenvalue weighted by Crippen LogP contribution is -2.27. The molecular weight excluding hydrogens is 397 g/mol. The van der Waals surface area contributed by atoms with E-state index in [9.17, 15) is 23.9 Å². The van der Waals surface area contributed by atoms with Crippen molar-refractivity contribution in [2.75, 3.05) is 12.4 Å². The van der Waals surface area contributed by atoms with Gasteiger partial charge in [0.15, 0.2) is 23.5 Å². The van der Waals surface area contributed by atoms with Crippen LogP contribution in [0.15, 0.2) is 54.6 Å². The van der Waals surface area contributed by atoms with Crippen molar-refractivity contribution in [3.8, 4) is 5.75 Å². The van der Waals surface area contributed by atoms with E-state index < -0.39 is 35.8 Å². The van der Waals surface area contributed by atoms with E-state index in [-0.39, 0.29) is 11.3 Å². The van der Waals surface area contributed by atoms with Gasteiger partial charge in [-0.15, -0.1) is 0 Å². The molecule has 0 aliphatic rings. The highest BCUT2D eigenvalue weighted by Crippen LogP contribution is 2.28. The predicted molar refractivity (Wildman–Crippen MR) is 105 cm³/mol. The molecule has 0 heterocycles. The lowest BCUT2D eigenvalue weighted by atomic mass is 10.0. The summed E-state index contributed by atoms with van der Waals surface area (Å²) in [5, 5.41) is 20.7. The lowest BCUT2D eigenvalue weighted by Gasteiger charge is -2.24. The summed E-state index contributed by atoms with van der Waals surface area (Å²) < 4.78 is 24.4. The van der Waals surface area contributed by atoms with Crippen molar-refractivity contribution in [1.82, 2.24) is 0 Å². The molecule has 2 aromatic carbocycles. The summed E-state index contributed by atoms with van der Waals surface area (Å²) >= 11 is 0. The van der Waals surface area contributed by atoms with Gasteiger partial charge in [-0.1, -0.05) is 6.07 Å². The van der Waals surface area contributed by atoms with Crippen molar-refractivity contribution >= 4 is 23.5 Å². The number of carbonyl (C=O) groups excluding carboxylic acids is 2. The Balaban J connectivity index is 2.26. The van der Waals surface area contributed by atoms with E-state index >= 15 is 0 Å². The summed E-state index contributed by atoms with van der Waals surface area (Å²) in [6.07, 6.45) is -1.25. The number of carbonyl (C=O) groups is 3. The molecule has 2 atom stereocenters. The first-order chi connectivity index (χ1) is 14.2. The van der Waals surface area contributed by atoms with E-state index in [0.717, 1.165) is 24.3 Å². The highest BCUT2D eigenvalue weighted by atomic mass is 19.1. The largest absolute Gasteiger partial charge is 0.505 e. The van der Waals surface area contributed by atoms with E-state index in [1.165, 1.54) is 44.4 Å². The number of aliphatic carboxylic acids is 1. The number of rotatable bonds is 8. The molecule has 2 aromatic rings. The molecule has 0 aliphatic heterocycles. The number of hydrogen-bond acceptors (Lipinski definition) is 6. The van der Waals surface area contributed by atoms with Crippen LogP contribution in [0.2, 0.25) is 0 Å². The Morgan fingerprint density at radius 2 is 1.80 bits per heavy atom. The van der Waals surface area contributed by atoms with E-state index in [1.807, 2.05) is 0 Å². The average Bonchev–Trinajstić information content (AvgIpc) is 2.69. The number of nitrogens with one attached hydrogen (secondary N) is 1. The molecule has 0 radical (unpaired) electrons. The first-order valence-corrected chi connectivity index (χ1v) is 8.72. The highest BCUT2D eigenvalue weighted by Gasteiger charge is 2.27. The summed E-state index contributed by atoms with van der Waals surface area (Å²) in [4.78, 5) is 34.6. The molecule has 158 valence electrons. The van der Waals surface area contributed by atoms with E-state index in [1.54, 1.807) is 0 Å². The van der Waals surface area contributed by atoms with Gasteiger partial charge < -0.3 is 19.7 Å². The fourth-order valence-corrected chi connectivity index (χ4v) is 2.56. The quantitative estimate of drug-likeness (QED) is 0.442. The number of anilines is 1. The van der Waals surface area contributed by atoms with Gasteiger partial charge in [-0.2, -0.15) is 0 Å². The van der Waals surface area contributed by atoms with Crippen LogP contribution in [0.4, 0.5) is 14.9 Å². The molecular formula is C21H20FNO7. The number of methoxy groups -OCH3 is 1. The van der Waals surface area contributed by atoms with Gasteiger partial charge >= 0.3 is 12.1 Å². The van der Waals surface area contributed by atoms with E-state index in [0.29, 0.717) is 11.3 Å². The van der Waals surface area contributed by atoms with Gasteiger partial charge in [0.05, 0.1) is 0 Å². The summed E-state index contributed by atoms with van der Waals surface area (Å²) in [5.74, 6) is -2.92. The lowest BCUT2D eigenvalue weighted by molar-refractivity contribution is -0.131. The minimum Gasteiger partial charge on any atom is -0.505 e. The third-order valence-corrected chi connectivity index (χ3v) is 4.07. The zero-order valence-electron chi connectivity index (χ0n) is 16.2. The van der Waals surface area contributed by atoms with Gasteiger partial charge in [-0.3, -0.25) is 10.1 Å². The van der Waals surface area contributed by atoms with Crippen LogP contribution in [0.5, 0.6) is 5.75 Å². The average molecular weight is 417 g/mol. The summed E-state index contributed by atoms with van der Waals surface area (Å²) in [6.45, 7) is 1.41. The molecule has 0 bridgehead atoms. The molecule has 1 amide bonds. The Bertz CT molecular complexity index is 956. The predicted octanol–water partition coefficient (Wildman–Crippen LogP) is 3.68. The van der Waals surface area contributed by atoms with Gasteiger partial charge in [0.1, 0.15) is 6.10 Å². The Morgan fingerprint density at radius 1 is 1.13 bits per heavy atom. The topological polar surface area (TPSA) is 122 Å². The van der Waals surface area contributed by atoms with Crippen LogP contribution in [0.3, 0.4) is 0 Å². The molecule has 2 rings (SSSR count). The van der Waals surface area contributed by atoms with Gasteiger partial charge in [0, 0.05) is 24.4 Å². The minimum absolute atomic E-state index is 0.133. The second-order valence-corrected chi connectivity index (χ2v) is 6.19. The van der Waals surface area contributed by atoms with Crippen LogP contribution in [-0.2, 0) is 14.3 Å². The molecule has 0 saturated heterocycles. The SMILES string of the molecule is CO[C@@H](/C=C/C(=O)O)[C@@H](OC(=O)Nc1ccc(C(C)=O)cc1)c1ccc(O)c(F)c1. The van der Waals surface area contributed by atoms with Crippen LogP contribution in [-0.4, -0.2) is 41.3 Å². The van der Waals surface area contributed by atoms with Crippen molar-refractivity contribution < 1.29 is 38.5 Å². The molecule has 0 spiro atoms. The maximum Gasteiger partial charge on any atom is 0.412 e. The molecule has 0 saturated carbocycles. The van der Waals surface area contributed by atoms with Gasteiger partial charge in [-0.25, -0.2) is 14.0 Å². The third kappa shape index (κ3) is 6.14. The van der Waals surface area contributed by atoms with Crippen molar-refractivity contribution in [2.24, 2.45) is 0 Å². The Morgan fingerprint density at radius 3 is 2.33 bits per heavy atom. The van der Waals surface area contributed by atoms with Crippen LogP contribution >= 0.6 is 0 Å². The number of phenolic OH excluding ortho intramolecular Hbond substituents is 1. The zero-order chi connectivity index (χ0) is 22.3. The number of ketones is 1. The number of halogens is 1. The fourth-order valence-electron chi connectivity index (χ4n) is 2.56. The molecule has 0 aromatic heterocycles. The van der Waals surface area contributed by atoms with Crippen LogP contribution < -0.4 is 5.32 Å². The van der Waals surface area contributed by atoms with Crippen LogP contribution in [0.1, 0.15) is 28.9 Å². The maximum absolute atomic E-state index is 13.8. The second kappa shape index (κ2) is 10.2. The molecule has 3 N–H and O–H groups in total. The van der Waals surface area contributed by atoms with Crippen LogP contribution in [0, 0.1) is 5.82 Å². The van der Waals surface area contributed by atoms with Crippen LogP contribution in [0.25, 0.3) is 0 Å². The number of benzene rings is 2. The van der Waals surface area contributed by atoms with E-state index in [4.69, 9.17) is 14.6 Å². The molecule has 8 nitrogen and oxygen atoms in total. The smallest absolute Gasteiger partial charge is 0.412 e. The van der Waals surface area contributed by atoms with E-state index in [2.05, 4.69) is 5.32 Å². The molecule has 0 aliphatic carbocycles. The zero-order valence-corrected chi connectivity index (χ0v) is 16.2. The van der Waals surface area contributed by atoms with Crippen molar-refractivity contribution in [1.29, 1.82) is 0 Å². The first kappa shape index (κ1) is 22.6. The number of carboxylic acid groups (broad SMARTS) is 1. The van der Waals surface area contributed by atoms with Crippen molar-refractivity contribution in [3.05, 3.63) is 71.6 Å². The van der Waals surface area contributed by atoms with Gasteiger partial charge in [0.25, 0.3) is 0 Å². The fraction of sp³-hybridized carbons (Fsp3) is 0.190. The Hall–Kier alpha value is -3.72. The first-order valence-electron chi connectivity index (χ1n) is 8.72. The summed E-state index contributed by atoms with van der Waals surface area (Å²) in [7, 11) is 1.27. The number of hydrogen-bond donors (Lipinski definition) is 3. The molecule has 0 fully saturated rings. The Kier molecular flexibility index (Phi) is 7.65. The second-order valence-electron chi connectivity index (χ2n) is 6.19. The molecule has 9 heteroatoms. The summed E-state index contributed by atoms with van der Waals surface area (Å²) in [5.41, 5.74) is 0.939. The third-order valence-electron chi connectivity index (χ3n) is 4.07. The number of ether oxygens (including phenoxy) is 2. The number of amides is 1. The number of Topliss-reactive ketones (excluding diaryl/α,β-unsaturated/α-hetero) is 1. The maximum atomic E-state index is 13.8. The summed E-state index contributed by atoms with van der Waals surface area (Å²) in [6, 6.07) is 9.41. The number of aromatic hydroxyl groups is 1. The van der Waals surface area contributed by atoms with Crippen molar-refractivity contribution in [3.63, 3.8) is 0 Å². The van der Waals surface area contributed by atoms with Crippen molar-refractivity contribution in [2.45, 2.75) is 19.1 Å².